The van der Waals surface area contributed by atoms with E-state index >= 15 is 0 Å². The van der Waals surface area contributed by atoms with Gasteiger partial charge in [0.15, 0.2) is 0 Å². The van der Waals surface area contributed by atoms with Crippen LogP contribution in [0.2, 0.25) is 0 Å². The van der Waals surface area contributed by atoms with Crippen molar-refractivity contribution in [2.45, 2.75) is 12.6 Å². The summed E-state index contributed by atoms with van der Waals surface area (Å²) in [6.07, 6.45) is -0.0187. The van der Waals surface area contributed by atoms with Gasteiger partial charge < -0.3 is 20.5 Å². The van der Waals surface area contributed by atoms with Gasteiger partial charge in [-0.1, -0.05) is 12.1 Å². The molecule has 4 nitrogen and oxygen atoms in total. The van der Waals surface area contributed by atoms with Crippen LogP contribution in [0.25, 0.3) is 0 Å². The Balaban J connectivity index is 2.42. The van der Waals surface area contributed by atoms with Gasteiger partial charge in [-0.2, -0.15) is 0 Å². The van der Waals surface area contributed by atoms with E-state index in [9.17, 15) is 4.39 Å². The van der Waals surface area contributed by atoms with Gasteiger partial charge >= 0.3 is 0 Å². The molecule has 5 heteroatoms. The standard InChI is InChI=1S/C12H19FN2O2/c1-16-8-10(17-2)7-15-6-9-4-3-5-11(13)12(9)14/h3-5,10,15H,6-8,14H2,1-2H3. The van der Waals surface area contributed by atoms with Gasteiger partial charge in [-0.05, 0) is 11.6 Å². The van der Waals surface area contributed by atoms with Gasteiger partial charge in [0.2, 0.25) is 0 Å². The van der Waals surface area contributed by atoms with E-state index in [0.717, 1.165) is 5.56 Å². The molecule has 1 unspecified atom stereocenters. The fraction of sp³-hybridized carbons (Fsp3) is 0.500. The van der Waals surface area contributed by atoms with Crippen LogP contribution in [0.5, 0.6) is 0 Å². The van der Waals surface area contributed by atoms with E-state index in [1.807, 2.05) is 0 Å². The molecule has 1 rings (SSSR count). The number of anilines is 1. The zero-order valence-electron chi connectivity index (χ0n) is 10.2. The predicted octanol–water partition coefficient (Wildman–Crippen LogP) is 1.16. The molecule has 0 radical (unpaired) electrons. The summed E-state index contributed by atoms with van der Waals surface area (Å²) in [5, 5.41) is 3.15. The molecule has 96 valence electrons. The molecule has 0 saturated carbocycles. The lowest BCUT2D eigenvalue weighted by atomic mass is 10.1. The van der Waals surface area contributed by atoms with E-state index in [1.165, 1.54) is 6.07 Å². The Morgan fingerprint density at radius 1 is 1.41 bits per heavy atom. The molecule has 0 aliphatic heterocycles. The van der Waals surface area contributed by atoms with Crippen molar-refractivity contribution in [1.82, 2.24) is 5.32 Å². The topological polar surface area (TPSA) is 56.5 Å². The summed E-state index contributed by atoms with van der Waals surface area (Å²) in [7, 11) is 3.25. The molecule has 0 amide bonds. The Labute approximate surface area is 101 Å². The van der Waals surface area contributed by atoms with Crippen LogP contribution in [0.15, 0.2) is 18.2 Å². The van der Waals surface area contributed by atoms with E-state index in [2.05, 4.69) is 5.32 Å². The van der Waals surface area contributed by atoms with Crippen molar-refractivity contribution in [3.63, 3.8) is 0 Å². The Morgan fingerprint density at radius 3 is 2.82 bits per heavy atom. The van der Waals surface area contributed by atoms with Crippen molar-refractivity contribution in [3.05, 3.63) is 29.6 Å². The van der Waals surface area contributed by atoms with Crippen molar-refractivity contribution < 1.29 is 13.9 Å². The largest absolute Gasteiger partial charge is 0.396 e. The summed E-state index contributed by atoms with van der Waals surface area (Å²) in [4.78, 5) is 0. The molecule has 0 aliphatic carbocycles. The summed E-state index contributed by atoms with van der Waals surface area (Å²) in [6.45, 7) is 1.65. The number of benzene rings is 1. The third-order valence-electron chi connectivity index (χ3n) is 2.52. The quantitative estimate of drug-likeness (QED) is 0.704. The van der Waals surface area contributed by atoms with Crippen LogP contribution in [0.4, 0.5) is 10.1 Å². The maximum absolute atomic E-state index is 13.2. The van der Waals surface area contributed by atoms with E-state index < -0.39 is 0 Å². The van der Waals surface area contributed by atoms with E-state index in [-0.39, 0.29) is 17.6 Å². The first-order valence-electron chi connectivity index (χ1n) is 5.44. The molecule has 0 bridgehead atoms. The van der Waals surface area contributed by atoms with Crippen LogP contribution in [0.3, 0.4) is 0 Å². The number of ether oxygens (including phenoxy) is 2. The number of rotatable bonds is 7. The highest BCUT2D eigenvalue weighted by Gasteiger charge is 2.07. The molecule has 3 N–H and O–H groups in total. The Morgan fingerprint density at radius 2 is 2.18 bits per heavy atom. The van der Waals surface area contributed by atoms with Crippen LogP contribution in [-0.4, -0.2) is 33.5 Å². The maximum atomic E-state index is 13.2. The fourth-order valence-electron chi connectivity index (χ4n) is 1.50. The molecule has 0 saturated heterocycles. The number of hydrogen-bond donors (Lipinski definition) is 2. The number of halogens is 1. The summed E-state index contributed by atoms with van der Waals surface area (Å²) in [5.41, 5.74) is 6.56. The highest BCUT2D eigenvalue weighted by Crippen LogP contribution is 2.15. The van der Waals surface area contributed by atoms with E-state index in [1.54, 1.807) is 26.4 Å². The van der Waals surface area contributed by atoms with Gasteiger partial charge in [0.05, 0.1) is 18.4 Å². The van der Waals surface area contributed by atoms with E-state index in [4.69, 9.17) is 15.2 Å². The SMILES string of the molecule is COCC(CNCc1cccc(F)c1N)OC. The zero-order valence-corrected chi connectivity index (χ0v) is 10.2. The minimum absolute atomic E-state index is 0.0187. The third kappa shape index (κ3) is 4.30. The van der Waals surface area contributed by atoms with Gasteiger partial charge in [0.1, 0.15) is 5.82 Å². The molecular weight excluding hydrogens is 223 g/mol. The third-order valence-corrected chi connectivity index (χ3v) is 2.52. The lowest BCUT2D eigenvalue weighted by Crippen LogP contribution is -2.31. The molecule has 0 heterocycles. The summed E-state index contributed by atoms with van der Waals surface area (Å²) in [5.74, 6) is -0.385. The van der Waals surface area contributed by atoms with Crippen LogP contribution in [0, 0.1) is 5.82 Å². The molecule has 0 spiro atoms. The smallest absolute Gasteiger partial charge is 0.146 e. The first-order valence-corrected chi connectivity index (χ1v) is 5.44. The van der Waals surface area contributed by atoms with Crippen LogP contribution in [-0.2, 0) is 16.0 Å². The molecule has 17 heavy (non-hydrogen) atoms. The van der Waals surface area contributed by atoms with Crippen molar-refractivity contribution in [2.24, 2.45) is 0 Å². The number of para-hydroxylation sites is 1. The molecule has 0 fully saturated rings. The van der Waals surface area contributed by atoms with Crippen LogP contribution >= 0.6 is 0 Å². The normalized spacial score (nSPS) is 12.6. The molecule has 0 aliphatic rings. The average molecular weight is 242 g/mol. The van der Waals surface area contributed by atoms with Gasteiger partial charge in [-0.25, -0.2) is 4.39 Å². The minimum Gasteiger partial charge on any atom is -0.396 e. The van der Waals surface area contributed by atoms with Gasteiger partial charge in [-0.3, -0.25) is 0 Å². The van der Waals surface area contributed by atoms with Gasteiger partial charge in [0, 0.05) is 27.3 Å². The number of methoxy groups -OCH3 is 2. The Hall–Kier alpha value is -1.17. The van der Waals surface area contributed by atoms with Crippen molar-refractivity contribution in [3.8, 4) is 0 Å². The minimum atomic E-state index is -0.385. The van der Waals surface area contributed by atoms with Crippen molar-refractivity contribution in [2.75, 3.05) is 33.1 Å². The van der Waals surface area contributed by atoms with Crippen LogP contribution in [0.1, 0.15) is 5.56 Å². The van der Waals surface area contributed by atoms with Crippen molar-refractivity contribution in [1.29, 1.82) is 0 Å². The van der Waals surface area contributed by atoms with Gasteiger partial charge in [-0.15, -0.1) is 0 Å². The van der Waals surface area contributed by atoms with Crippen LogP contribution < -0.4 is 11.1 Å². The Kier molecular flexibility index (Phi) is 5.90. The van der Waals surface area contributed by atoms with Gasteiger partial charge in [0.25, 0.3) is 0 Å². The number of hydrogen-bond acceptors (Lipinski definition) is 4. The second kappa shape index (κ2) is 7.21. The lowest BCUT2D eigenvalue weighted by molar-refractivity contribution is 0.0288. The molecule has 1 atom stereocenters. The number of nitrogens with one attached hydrogen (secondary N) is 1. The maximum Gasteiger partial charge on any atom is 0.146 e. The average Bonchev–Trinajstić information content (AvgIpc) is 2.33. The fourth-order valence-corrected chi connectivity index (χ4v) is 1.50. The zero-order chi connectivity index (χ0) is 12.7. The molecule has 0 aromatic heterocycles. The second-order valence-corrected chi connectivity index (χ2v) is 3.76. The lowest BCUT2D eigenvalue weighted by Gasteiger charge is -2.15. The predicted molar refractivity (Wildman–Crippen MR) is 65.2 cm³/mol. The molecule has 1 aromatic carbocycles. The first kappa shape index (κ1) is 13.9. The molecule has 1 aromatic rings. The summed E-state index contributed by atoms with van der Waals surface area (Å²) in [6, 6.07) is 4.79. The highest BCUT2D eigenvalue weighted by atomic mass is 19.1. The van der Waals surface area contributed by atoms with E-state index in [0.29, 0.717) is 19.7 Å². The Bertz CT molecular complexity index is 347. The summed E-state index contributed by atoms with van der Waals surface area (Å²) >= 11 is 0. The number of nitrogen functional groups attached to an aromatic ring is 1. The first-order chi connectivity index (χ1) is 8.19. The van der Waals surface area contributed by atoms with Crippen molar-refractivity contribution >= 4 is 5.69 Å². The molecular formula is C12H19FN2O2. The summed E-state index contributed by atoms with van der Waals surface area (Å²) < 4.78 is 23.3. The highest BCUT2D eigenvalue weighted by molar-refractivity contribution is 5.47. The second-order valence-electron chi connectivity index (χ2n) is 3.76. The number of nitrogens with two attached hydrogens (primary N) is 1. The monoisotopic (exact) mass is 242 g/mol.